The summed E-state index contributed by atoms with van der Waals surface area (Å²) in [6.07, 6.45) is 19.2. The monoisotopic (exact) mass is 915 g/mol. The van der Waals surface area contributed by atoms with Gasteiger partial charge >= 0.3 is 0 Å². The molecule has 0 bridgehead atoms. The number of rotatable bonds is 32. The van der Waals surface area contributed by atoms with Crippen molar-refractivity contribution < 1.29 is 0 Å². The molecule has 0 atom stereocenters. The smallest absolute Gasteiger partial charge is 0.0205 e. The molecule has 370 valence electrons. The number of hydrogen-bond donors (Lipinski definition) is 4. The Morgan fingerprint density at radius 3 is 0.716 bits per heavy atom. The van der Waals surface area contributed by atoms with Crippen molar-refractivity contribution in [2.45, 2.75) is 122 Å². The average molecular weight is 915 g/mol. The van der Waals surface area contributed by atoms with E-state index < -0.39 is 0 Å². The Morgan fingerprint density at radius 2 is 0.478 bits per heavy atom. The topological polar surface area (TPSA) is 61.1 Å². The van der Waals surface area contributed by atoms with E-state index in [-0.39, 0.29) is 0 Å². The summed E-state index contributed by atoms with van der Waals surface area (Å²) in [5.41, 5.74) is 5.52. The lowest BCUT2D eigenvalue weighted by atomic mass is 10.2. The molecule has 0 aromatic heterocycles. The van der Waals surface area contributed by atoms with Crippen LogP contribution >= 0.6 is 0 Å². The fourth-order valence-corrected chi connectivity index (χ4v) is 9.54. The van der Waals surface area contributed by atoms with Crippen LogP contribution in [0, 0.1) is 0 Å². The first-order chi connectivity index (χ1) is 33.3. The van der Waals surface area contributed by atoms with Crippen molar-refractivity contribution in [2.24, 2.45) is 0 Å². The molecule has 4 aromatic carbocycles. The zero-order chi connectivity index (χ0) is 46.3. The molecule has 1 saturated heterocycles. The van der Waals surface area contributed by atoms with Crippen LogP contribution in [0.5, 0.6) is 0 Å². The summed E-state index contributed by atoms with van der Waals surface area (Å²) in [4.78, 5) is 11.4. The van der Waals surface area contributed by atoms with Crippen molar-refractivity contribution in [1.82, 2.24) is 40.9 Å². The molecule has 4 aromatic rings. The van der Waals surface area contributed by atoms with Gasteiger partial charge in [-0.05, 0) is 185 Å². The molecule has 0 amide bonds. The van der Waals surface area contributed by atoms with Crippen LogP contribution in [0.1, 0.15) is 119 Å². The van der Waals surface area contributed by atoms with E-state index in [9.17, 15) is 0 Å². The first kappa shape index (κ1) is 54.5. The minimum atomic E-state index is 0.972. The minimum Gasteiger partial charge on any atom is -0.313 e. The molecule has 1 aliphatic rings. The molecule has 4 N–H and O–H groups in total. The van der Waals surface area contributed by atoms with Gasteiger partial charge in [0, 0.05) is 39.3 Å². The Hall–Kier alpha value is -3.44. The summed E-state index contributed by atoms with van der Waals surface area (Å²) in [7, 11) is 0. The molecule has 0 spiro atoms. The van der Waals surface area contributed by atoms with Gasteiger partial charge in [0.2, 0.25) is 0 Å². The highest BCUT2D eigenvalue weighted by atomic mass is 15.2. The zero-order valence-electron chi connectivity index (χ0n) is 42.1. The third-order valence-corrected chi connectivity index (χ3v) is 13.6. The van der Waals surface area contributed by atoms with Crippen molar-refractivity contribution >= 4 is 0 Å². The summed E-state index contributed by atoms with van der Waals surface area (Å²) < 4.78 is 0. The molecule has 0 unspecified atom stereocenters. The summed E-state index contributed by atoms with van der Waals surface area (Å²) >= 11 is 0. The van der Waals surface area contributed by atoms with E-state index in [1.165, 1.54) is 197 Å². The number of nitrogens with zero attached hydrogens (tertiary/aromatic N) is 4. The Kier molecular flexibility index (Phi) is 30.5. The second-order valence-electron chi connectivity index (χ2n) is 19.3. The summed E-state index contributed by atoms with van der Waals surface area (Å²) in [6, 6.07) is 43.3. The van der Waals surface area contributed by atoms with Crippen LogP contribution in [0.25, 0.3) is 0 Å². The van der Waals surface area contributed by atoms with Crippen molar-refractivity contribution in [3.8, 4) is 0 Å². The lowest BCUT2D eigenvalue weighted by Crippen LogP contribution is -2.38. The van der Waals surface area contributed by atoms with E-state index in [1.807, 2.05) is 0 Å². The second kappa shape index (κ2) is 37.5. The summed E-state index contributed by atoms with van der Waals surface area (Å²) in [6.45, 7) is 23.0. The van der Waals surface area contributed by atoms with E-state index in [0.717, 1.165) is 52.4 Å². The van der Waals surface area contributed by atoms with Crippen LogP contribution in [0.3, 0.4) is 0 Å². The largest absolute Gasteiger partial charge is 0.313 e. The van der Waals surface area contributed by atoms with Crippen LogP contribution in [0.15, 0.2) is 121 Å². The maximum Gasteiger partial charge on any atom is 0.0205 e. The van der Waals surface area contributed by atoms with Crippen molar-refractivity contribution in [3.05, 3.63) is 144 Å². The van der Waals surface area contributed by atoms with E-state index >= 15 is 0 Å². The molecule has 0 radical (unpaired) electrons. The standard InChI is InChI=1S/C59H94N8/c1-9-28-56(29-10-1)52-60-36-17-5-21-40-64-44-25-45-65(41-22-6-18-37-61-53-57-30-11-2-12-31-57)47-27-49-67(43-24-8-20-39-63-55-59-34-15-4-16-35-59)51-50-66(48-26-46-64)42-23-7-19-38-62-54-58-32-13-3-14-33-58/h1-4,9-16,28-35,60-63H,5-8,17-27,36-55H2. The van der Waals surface area contributed by atoms with Crippen molar-refractivity contribution in [1.29, 1.82) is 0 Å². The van der Waals surface area contributed by atoms with Gasteiger partial charge in [-0.3, -0.25) is 0 Å². The van der Waals surface area contributed by atoms with Crippen LogP contribution < -0.4 is 21.3 Å². The first-order valence-corrected chi connectivity index (χ1v) is 27.2. The molecular formula is C59H94N8. The number of hydrogen-bond acceptors (Lipinski definition) is 8. The molecule has 8 heteroatoms. The molecule has 1 aliphatic heterocycles. The van der Waals surface area contributed by atoms with E-state index in [2.05, 4.69) is 162 Å². The van der Waals surface area contributed by atoms with Gasteiger partial charge in [0.25, 0.3) is 0 Å². The van der Waals surface area contributed by atoms with E-state index in [1.54, 1.807) is 0 Å². The maximum atomic E-state index is 3.68. The van der Waals surface area contributed by atoms with Crippen molar-refractivity contribution in [3.63, 3.8) is 0 Å². The highest BCUT2D eigenvalue weighted by molar-refractivity contribution is 5.16. The third kappa shape index (κ3) is 27.4. The molecule has 67 heavy (non-hydrogen) atoms. The SMILES string of the molecule is c1ccc(CNCCCCCN2CCCN(CCCCCNCc3ccccc3)CCCN(CCCCCNCc3ccccc3)CCN(CCCCCNCc3ccccc3)CCC2)cc1. The molecule has 1 fully saturated rings. The quantitative estimate of drug-likeness (QED) is 0.0362. The maximum absolute atomic E-state index is 3.68. The van der Waals surface area contributed by atoms with Gasteiger partial charge in [-0.25, -0.2) is 0 Å². The van der Waals surface area contributed by atoms with Gasteiger partial charge < -0.3 is 40.9 Å². The normalized spacial score (nSPS) is 15.6. The number of unbranched alkanes of at least 4 members (excludes halogenated alkanes) is 8. The van der Waals surface area contributed by atoms with Gasteiger partial charge in [-0.15, -0.1) is 0 Å². The van der Waals surface area contributed by atoms with Gasteiger partial charge in [0.15, 0.2) is 0 Å². The molecule has 0 saturated carbocycles. The fourth-order valence-electron chi connectivity index (χ4n) is 9.54. The third-order valence-electron chi connectivity index (χ3n) is 13.6. The summed E-state index contributed by atoms with van der Waals surface area (Å²) in [5, 5.41) is 14.7. The van der Waals surface area contributed by atoms with Crippen molar-refractivity contribution in [2.75, 3.05) is 105 Å². The number of nitrogens with one attached hydrogen (secondary N) is 4. The van der Waals surface area contributed by atoms with Crippen LogP contribution in [0.2, 0.25) is 0 Å². The second-order valence-corrected chi connectivity index (χ2v) is 19.3. The van der Waals surface area contributed by atoms with Gasteiger partial charge in [0.1, 0.15) is 0 Å². The predicted octanol–water partition coefficient (Wildman–Crippen LogP) is 10.2. The van der Waals surface area contributed by atoms with Crippen LogP contribution in [-0.2, 0) is 26.2 Å². The van der Waals surface area contributed by atoms with Crippen LogP contribution in [0.4, 0.5) is 0 Å². The minimum absolute atomic E-state index is 0.972. The highest BCUT2D eigenvalue weighted by Crippen LogP contribution is 2.11. The fraction of sp³-hybridized carbons (Fsp3) is 0.593. The van der Waals surface area contributed by atoms with E-state index in [0.29, 0.717) is 0 Å². The highest BCUT2D eigenvalue weighted by Gasteiger charge is 2.15. The average Bonchev–Trinajstić information content (AvgIpc) is 3.37. The van der Waals surface area contributed by atoms with E-state index in [4.69, 9.17) is 0 Å². The molecule has 8 nitrogen and oxygen atoms in total. The zero-order valence-corrected chi connectivity index (χ0v) is 42.1. The van der Waals surface area contributed by atoms with Crippen LogP contribution in [-0.4, -0.2) is 124 Å². The lowest BCUT2D eigenvalue weighted by Gasteiger charge is -2.29. The van der Waals surface area contributed by atoms with Gasteiger partial charge in [-0.2, -0.15) is 0 Å². The molecule has 5 rings (SSSR count). The van der Waals surface area contributed by atoms with Gasteiger partial charge in [0.05, 0.1) is 0 Å². The Bertz CT molecular complexity index is 1550. The summed E-state index contributed by atoms with van der Waals surface area (Å²) in [5.74, 6) is 0. The Balaban J connectivity index is 1.10. The number of benzene rings is 4. The molecule has 1 heterocycles. The first-order valence-electron chi connectivity index (χ1n) is 27.2. The van der Waals surface area contributed by atoms with Gasteiger partial charge in [-0.1, -0.05) is 147 Å². The molecule has 0 aliphatic carbocycles. The Morgan fingerprint density at radius 1 is 0.254 bits per heavy atom. The molecular weight excluding hydrogens is 821 g/mol. The lowest BCUT2D eigenvalue weighted by molar-refractivity contribution is 0.183. The predicted molar refractivity (Wildman–Crippen MR) is 288 cm³/mol. The Labute approximate surface area is 410 Å².